The predicted octanol–water partition coefficient (Wildman–Crippen LogP) is 4.13. The summed E-state index contributed by atoms with van der Waals surface area (Å²) in [5.41, 5.74) is 2.48. The highest BCUT2D eigenvalue weighted by molar-refractivity contribution is 5.94. The minimum Gasteiger partial charge on any atom is -0.388 e. The Balaban J connectivity index is 1.37. The highest BCUT2D eigenvalue weighted by atomic mass is 16.3. The van der Waals surface area contributed by atoms with Crippen LogP contribution < -0.4 is 5.43 Å². The van der Waals surface area contributed by atoms with E-state index in [9.17, 15) is 14.7 Å². The third-order valence-electron chi connectivity index (χ3n) is 6.65. The zero-order valence-corrected chi connectivity index (χ0v) is 17.9. The number of carbonyl (C=O) groups excluding carboxylic acids is 1. The Bertz CT molecular complexity index is 1260. The van der Waals surface area contributed by atoms with Crippen LogP contribution in [-0.4, -0.2) is 33.6 Å². The summed E-state index contributed by atoms with van der Waals surface area (Å²) in [4.78, 5) is 28.0. The molecule has 0 unspecified atom stereocenters. The normalized spacial score (nSPS) is 15.8. The van der Waals surface area contributed by atoms with Crippen molar-refractivity contribution >= 4 is 27.7 Å². The van der Waals surface area contributed by atoms with E-state index in [1.54, 1.807) is 0 Å². The van der Waals surface area contributed by atoms with Gasteiger partial charge in [0.2, 0.25) is 5.91 Å². The smallest absolute Gasteiger partial charge is 0.242 e. The van der Waals surface area contributed by atoms with E-state index in [0.29, 0.717) is 23.9 Å². The van der Waals surface area contributed by atoms with Crippen LogP contribution >= 0.6 is 0 Å². The van der Waals surface area contributed by atoms with Crippen molar-refractivity contribution < 1.29 is 9.90 Å². The second-order valence-electron chi connectivity index (χ2n) is 8.52. The molecule has 0 spiro atoms. The fourth-order valence-corrected chi connectivity index (χ4v) is 4.87. The SMILES string of the molecule is O=C(Cn1c2ccccc2c(=O)c2ccccc21)N1CCC([C@H](O)c2ccccc2)CC1. The average molecular weight is 427 g/mol. The molecule has 5 rings (SSSR count). The number of pyridine rings is 1. The molecule has 5 heteroatoms. The Kier molecular flexibility index (Phi) is 5.50. The van der Waals surface area contributed by atoms with E-state index in [0.717, 1.165) is 29.4 Å². The number of aliphatic hydroxyl groups excluding tert-OH is 1. The lowest BCUT2D eigenvalue weighted by molar-refractivity contribution is -0.133. The Hall–Kier alpha value is -3.44. The van der Waals surface area contributed by atoms with Crippen LogP contribution in [0.4, 0.5) is 0 Å². The molecule has 0 saturated carbocycles. The molecular formula is C27H26N2O3. The molecule has 1 aromatic heterocycles. The van der Waals surface area contributed by atoms with Gasteiger partial charge in [0, 0.05) is 23.9 Å². The van der Waals surface area contributed by atoms with Crippen molar-refractivity contribution in [2.45, 2.75) is 25.5 Å². The monoisotopic (exact) mass is 426 g/mol. The zero-order valence-electron chi connectivity index (χ0n) is 17.9. The van der Waals surface area contributed by atoms with Crippen molar-refractivity contribution in [3.05, 3.63) is 94.6 Å². The van der Waals surface area contributed by atoms with Crippen LogP contribution in [0, 0.1) is 5.92 Å². The molecule has 1 aliphatic rings. The van der Waals surface area contributed by atoms with Gasteiger partial charge in [-0.25, -0.2) is 0 Å². The first-order valence-corrected chi connectivity index (χ1v) is 11.1. The van der Waals surface area contributed by atoms with Gasteiger partial charge in [0.25, 0.3) is 0 Å². The van der Waals surface area contributed by atoms with Crippen LogP contribution in [0.2, 0.25) is 0 Å². The van der Waals surface area contributed by atoms with E-state index < -0.39 is 6.10 Å². The first-order chi connectivity index (χ1) is 15.6. The lowest BCUT2D eigenvalue weighted by Gasteiger charge is -2.34. The quantitative estimate of drug-likeness (QED) is 0.499. The summed E-state index contributed by atoms with van der Waals surface area (Å²) < 4.78 is 1.96. The van der Waals surface area contributed by atoms with E-state index in [4.69, 9.17) is 0 Å². The number of hydrogen-bond acceptors (Lipinski definition) is 3. The zero-order chi connectivity index (χ0) is 22.1. The number of aromatic nitrogens is 1. The number of amides is 1. The van der Waals surface area contributed by atoms with Crippen LogP contribution in [-0.2, 0) is 11.3 Å². The van der Waals surface area contributed by atoms with E-state index in [-0.39, 0.29) is 23.8 Å². The van der Waals surface area contributed by atoms with Crippen LogP contribution in [0.3, 0.4) is 0 Å². The van der Waals surface area contributed by atoms with Gasteiger partial charge >= 0.3 is 0 Å². The Morgan fingerprint density at radius 2 is 1.38 bits per heavy atom. The van der Waals surface area contributed by atoms with Crippen molar-refractivity contribution in [1.29, 1.82) is 0 Å². The van der Waals surface area contributed by atoms with Gasteiger partial charge in [-0.05, 0) is 48.6 Å². The number of piperidine rings is 1. The third-order valence-corrected chi connectivity index (χ3v) is 6.65. The fraction of sp³-hybridized carbons (Fsp3) is 0.259. The molecule has 1 saturated heterocycles. The number of rotatable bonds is 4. The van der Waals surface area contributed by atoms with Crippen molar-refractivity contribution in [3.8, 4) is 0 Å². The van der Waals surface area contributed by atoms with E-state index >= 15 is 0 Å². The number of benzene rings is 3. The molecule has 4 aromatic rings. The molecule has 2 heterocycles. The summed E-state index contributed by atoms with van der Waals surface area (Å²) in [5, 5.41) is 12.0. The highest BCUT2D eigenvalue weighted by Gasteiger charge is 2.28. The van der Waals surface area contributed by atoms with Crippen molar-refractivity contribution in [2.24, 2.45) is 5.92 Å². The molecule has 1 N–H and O–H groups in total. The van der Waals surface area contributed by atoms with Gasteiger partial charge < -0.3 is 14.6 Å². The van der Waals surface area contributed by atoms with Crippen LogP contribution in [0.5, 0.6) is 0 Å². The maximum Gasteiger partial charge on any atom is 0.242 e. The Labute approximate surface area is 186 Å². The molecule has 5 nitrogen and oxygen atoms in total. The van der Waals surface area contributed by atoms with E-state index in [2.05, 4.69) is 0 Å². The molecule has 0 aliphatic carbocycles. The van der Waals surface area contributed by atoms with Crippen LogP contribution in [0.1, 0.15) is 24.5 Å². The molecule has 3 aromatic carbocycles. The second kappa shape index (κ2) is 8.60. The topological polar surface area (TPSA) is 62.5 Å². The number of carbonyl (C=O) groups is 1. The number of fused-ring (bicyclic) bond motifs is 2. The van der Waals surface area contributed by atoms with Crippen LogP contribution in [0.15, 0.2) is 83.7 Å². The van der Waals surface area contributed by atoms with Crippen LogP contribution in [0.25, 0.3) is 21.8 Å². The molecule has 1 amide bonds. The molecule has 1 aliphatic heterocycles. The Morgan fingerprint density at radius 3 is 1.97 bits per heavy atom. The maximum absolute atomic E-state index is 13.3. The van der Waals surface area contributed by atoms with Gasteiger partial charge in [-0.2, -0.15) is 0 Å². The molecule has 162 valence electrons. The molecule has 0 radical (unpaired) electrons. The molecule has 1 atom stereocenters. The Morgan fingerprint density at radius 1 is 0.844 bits per heavy atom. The average Bonchev–Trinajstić information content (AvgIpc) is 2.86. The van der Waals surface area contributed by atoms with Gasteiger partial charge in [0.15, 0.2) is 5.43 Å². The number of para-hydroxylation sites is 2. The van der Waals surface area contributed by atoms with Crippen molar-refractivity contribution in [2.75, 3.05) is 13.1 Å². The molecule has 32 heavy (non-hydrogen) atoms. The summed E-state index contributed by atoms with van der Waals surface area (Å²) in [6.45, 7) is 1.44. The third kappa shape index (κ3) is 3.69. The highest BCUT2D eigenvalue weighted by Crippen LogP contribution is 2.31. The summed E-state index contributed by atoms with van der Waals surface area (Å²) in [6.07, 6.45) is 1.04. The van der Waals surface area contributed by atoms with E-state index in [1.165, 1.54) is 0 Å². The number of aliphatic hydroxyl groups is 1. The predicted molar refractivity (Wildman–Crippen MR) is 126 cm³/mol. The summed E-state index contributed by atoms with van der Waals surface area (Å²) in [6, 6.07) is 24.7. The van der Waals surface area contributed by atoms with Gasteiger partial charge in [-0.15, -0.1) is 0 Å². The number of likely N-dealkylation sites (tertiary alicyclic amines) is 1. The minimum absolute atomic E-state index is 0.00406. The molecule has 0 bridgehead atoms. The van der Waals surface area contributed by atoms with Gasteiger partial charge in [0.05, 0.1) is 17.1 Å². The standard InChI is InChI=1S/C27H26N2O3/c30-25(28-16-14-20(15-17-28)26(31)19-8-2-1-3-9-19)18-29-23-12-6-4-10-21(23)27(32)22-11-5-7-13-24(22)29/h1-13,20,26,31H,14-18H2/t26-/m1/s1. The number of nitrogens with zero attached hydrogens (tertiary/aromatic N) is 2. The molecule has 1 fully saturated rings. The summed E-state index contributed by atoms with van der Waals surface area (Å²) in [7, 11) is 0. The first-order valence-electron chi connectivity index (χ1n) is 11.1. The summed E-state index contributed by atoms with van der Waals surface area (Å²) >= 11 is 0. The molecular weight excluding hydrogens is 400 g/mol. The summed E-state index contributed by atoms with van der Waals surface area (Å²) in [5.74, 6) is 0.187. The van der Waals surface area contributed by atoms with Gasteiger partial charge in [-0.1, -0.05) is 54.6 Å². The van der Waals surface area contributed by atoms with E-state index in [1.807, 2.05) is 88.3 Å². The maximum atomic E-state index is 13.3. The van der Waals surface area contributed by atoms with Crippen molar-refractivity contribution in [1.82, 2.24) is 9.47 Å². The lowest BCUT2D eigenvalue weighted by Crippen LogP contribution is -2.41. The largest absolute Gasteiger partial charge is 0.388 e. The van der Waals surface area contributed by atoms with Crippen molar-refractivity contribution in [3.63, 3.8) is 0 Å². The lowest BCUT2D eigenvalue weighted by atomic mass is 9.87. The second-order valence-corrected chi connectivity index (χ2v) is 8.52. The number of hydrogen-bond donors (Lipinski definition) is 1. The fourth-order valence-electron chi connectivity index (χ4n) is 4.87. The van der Waals surface area contributed by atoms with Gasteiger partial charge in [-0.3, -0.25) is 9.59 Å². The van der Waals surface area contributed by atoms with Gasteiger partial charge in [0.1, 0.15) is 6.54 Å². The first kappa shape index (κ1) is 20.5. The minimum atomic E-state index is -0.500.